The zero-order valence-corrected chi connectivity index (χ0v) is 9.89. The SMILES string of the molecule is Cc1cnc(N2CC3CCCCC3C2)nc1. The monoisotopic (exact) mass is 217 g/mol. The molecule has 0 aromatic carbocycles. The first-order valence-electron chi connectivity index (χ1n) is 6.36. The third kappa shape index (κ3) is 1.79. The molecule has 1 aromatic heterocycles. The van der Waals surface area contributed by atoms with E-state index in [-0.39, 0.29) is 0 Å². The van der Waals surface area contributed by atoms with Gasteiger partial charge in [0.2, 0.25) is 5.95 Å². The summed E-state index contributed by atoms with van der Waals surface area (Å²) in [4.78, 5) is 11.2. The minimum atomic E-state index is 0.902. The molecule has 2 heterocycles. The Bertz CT molecular complexity index is 346. The second kappa shape index (κ2) is 4.04. The Labute approximate surface area is 96.9 Å². The highest BCUT2D eigenvalue weighted by Crippen LogP contribution is 2.36. The highest BCUT2D eigenvalue weighted by atomic mass is 15.3. The molecule has 3 heteroatoms. The lowest BCUT2D eigenvalue weighted by Crippen LogP contribution is -2.22. The Hall–Kier alpha value is -1.12. The first-order valence-corrected chi connectivity index (χ1v) is 6.36. The van der Waals surface area contributed by atoms with Crippen molar-refractivity contribution in [2.75, 3.05) is 18.0 Å². The summed E-state index contributed by atoms with van der Waals surface area (Å²) >= 11 is 0. The lowest BCUT2D eigenvalue weighted by Gasteiger charge is -2.22. The first-order chi connectivity index (χ1) is 7.83. The van der Waals surface area contributed by atoms with Crippen LogP contribution in [0.4, 0.5) is 5.95 Å². The third-order valence-electron chi connectivity index (χ3n) is 4.03. The number of aromatic nitrogens is 2. The van der Waals surface area contributed by atoms with Crippen LogP contribution >= 0.6 is 0 Å². The molecular weight excluding hydrogens is 198 g/mol. The topological polar surface area (TPSA) is 29.0 Å². The van der Waals surface area contributed by atoms with Gasteiger partial charge in [0, 0.05) is 25.5 Å². The maximum absolute atomic E-state index is 4.43. The second-order valence-corrected chi connectivity index (χ2v) is 5.27. The van der Waals surface area contributed by atoms with Crippen molar-refractivity contribution in [2.24, 2.45) is 11.8 Å². The van der Waals surface area contributed by atoms with E-state index in [0.717, 1.165) is 23.3 Å². The molecule has 3 nitrogen and oxygen atoms in total. The summed E-state index contributed by atoms with van der Waals surface area (Å²) in [7, 11) is 0. The molecule has 1 saturated heterocycles. The molecular formula is C13H19N3. The molecule has 86 valence electrons. The molecule has 2 unspecified atom stereocenters. The molecule has 0 N–H and O–H groups in total. The number of fused-ring (bicyclic) bond motifs is 1. The van der Waals surface area contributed by atoms with E-state index in [1.165, 1.54) is 38.8 Å². The zero-order valence-electron chi connectivity index (χ0n) is 9.89. The van der Waals surface area contributed by atoms with E-state index >= 15 is 0 Å². The summed E-state index contributed by atoms with van der Waals surface area (Å²) in [5.74, 6) is 2.73. The van der Waals surface area contributed by atoms with Crippen LogP contribution in [0.25, 0.3) is 0 Å². The van der Waals surface area contributed by atoms with Gasteiger partial charge in [-0.2, -0.15) is 0 Å². The normalized spacial score (nSPS) is 29.2. The van der Waals surface area contributed by atoms with Gasteiger partial charge in [0.25, 0.3) is 0 Å². The molecule has 1 aliphatic heterocycles. The van der Waals surface area contributed by atoms with Crippen LogP contribution in [-0.4, -0.2) is 23.1 Å². The number of aryl methyl sites for hydroxylation is 1. The van der Waals surface area contributed by atoms with E-state index in [2.05, 4.69) is 14.9 Å². The lowest BCUT2D eigenvalue weighted by molar-refractivity contribution is 0.299. The molecule has 2 aliphatic rings. The quantitative estimate of drug-likeness (QED) is 0.723. The van der Waals surface area contributed by atoms with Crippen molar-refractivity contribution >= 4 is 5.95 Å². The van der Waals surface area contributed by atoms with Crippen molar-refractivity contribution < 1.29 is 0 Å². The van der Waals surface area contributed by atoms with Gasteiger partial charge >= 0.3 is 0 Å². The maximum Gasteiger partial charge on any atom is 0.225 e. The van der Waals surface area contributed by atoms with Crippen molar-refractivity contribution in [2.45, 2.75) is 32.6 Å². The number of anilines is 1. The van der Waals surface area contributed by atoms with Crippen LogP contribution in [-0.2, 0) is 0 Å². The van der Waals surface area contributed by atoms with Crippen LogP contribution in [0, 0.1) is 18.8 Å². The highest BCUT2D eigenvalue weighted by Gasteiger charge is 2.35. The van der Waals surface area contributed by atoms with E-state index in [1.807, 2.05) is 19.3 Å². The molecule has 0 amide bonds. The summed E-state index contributed by atoms with van der Waals surface area (Å²) in [6.45, 7) is 4.38. The van der Waals surface area contributed by atoms with Crippen LogP contribution in [0.1, 0.15) is 31.2 Å². The van der Waals surface area contributed by atoms with Gasteiger partial charge in [0.15, 0.2) is 0 Å². The van der Waals surface area contributed by atoms with Crippen LogP contribution in [0.5, 0.6) is 0 Å². The molecule has 16 heavy (non-hydrogen) atoms. The fraction of sp³-hybridized carbons (Fsp3) is 0.692. The van der Waals surface area contributed by atoms with Gasteiger partial charge in [-0.05, 0) is 37.2 Å². The van der Waals surface area contributed by atoms with E-state index in [1.54, 1.807) is 0 Å². The summed E-state index contributed by atoms with van der Waals surface area (Å²) < 4.78 is 0. The van der Waals surface area contributed by atoms with Gasteiger partial charge in [0.1, 0.15) is 0 Å². The number of nitrogens with zero attached hydrogens (tertiary/aromatic N) is 3. The number of hydrogen-bond donors (Lipinski definition) is 0. The van der Waals surface area contributed by atoms with Crippen molar-refractivity contribution in [1.82, 2.24) is 9.97 Å². The second-order valence-electron chi connectivity index (χ2n) is 5.27. The average molecular weight is 217 g/mol. The van der Waals surface area contributed by atoms with E-state index in [0.29, 0.717) is 0 Å². The highest BCUT2D eigenvalue weighted by molar-refractivity contribution is 5.32. The fourth-order valence-corrected chi connectivity index (χ4v) is 3.12. The standard InChI is InChI=1S/C13H19N3/c1-10-6-14-13(15-7-10)16-8-11-4-2-3-5-12(11)9-16/h6-7,11-12H,2-5,8-9H2,1H3. The van der Waals surface area contributed by atoms with Crippen LogP contribution < -0.4 is 4.90 Å². The van der Waals surface area contributed by atoms with Gasteiger partial charge < -0.3 is 4.90 Å². The Morgan fingerprint density at radius 1 is 1.06 bits per heavy atom. The van der Waals surface area contributed by atoms with Crippen molar-refractivity contribution in [3.63, 3.8) is 0 Å². The largest absolute Gasteiger partial charge is 0.340 e. The van der Waals surface area contributed by atoms with Gasteiger partial charge in [-0.15, -0.1) is 0 Å². The zero-order chi connectivity index (χ0) is 11.0. The van der Waals surface area contributed by atoms with Crippen molar-refractivity contribution in [3.8, 4) is 0 Å². The summed E-state index contributed by atoms with van der Waals surface area (Å²) in [6, 6.07) is 0. The summed E-state index contributed by atoms with van der Waals surface area (Å²) in [6.07, 6.45) is 9.50. The Balaban J connectivity index is 1.75. The smallest absolute Gasteiger partial charge is 0.225 e. The van der Waals surface area contributed by atoms with E-state index in [4.69, 9.17) is 0 Å². The van der Waals surface area contributed by atoms with E-state index in [9.17, 15) is 0 Å². The molecule has 3 rings (SSSR count). The van der Waals surface area contributed by atoms with Crippen molar-refractivity contribution in [1.29, 1.82) is 0 Å². The first kappa shape index (κ1) is 10.1. The van der Waals surface area contributed by atoms with Crippen LogP contribution in [0.3, 0.4) is 0 Å². The van der Waals surface area contributed by atoms with Crippen LogP contribution in [0.15, 0.2) is 12.4 Å². The third-order valence-corrected chi connectivity index (χ3v) is 4.03. The van der Waals surface area contributed by atoms with E-state index < -0.39 is 0 Å². The van der Waals surface area contributed by atoms with Gasteiger partial charge in [-0.25, -0.2) is 9.97 Å². The van der Waals surface area contributed by atoms with Gasteiger partial charge in [0.05, 0.1) is 0 Å². The summed E-state index contributed by atoms with van der Waals surface area (Å²) in [5.41, 5.74) is 1.14. The minimum Gasteiger partial charge on any atom is -0.340 e. The van der Waals surface area contributed by atoms with Gasteiger partial charge in [-0.3, -0.25) is 0 Å². The number of rotatable bonds is 1. The molecule has 1 aliphatic carbocycles. The van der Waals surface area contributed by atoms with Crippen molar-refractivity contribution in [3.05, 3.63) is 18.0 Å². The molecule has 2 atom stereocenters. The Morgan fingerprint density at radius 3 is 2.19 bits per heavy atom. The predicted octanol–water partition coefficient (Wildman–Crippen LogP) is 2.41. The molecule has 1 aromatic rings. The molecule has 2 fully saturated rings. The average Bonchev–Trinajstić information content (AvgIpc) is 2.73. The molecule has 1 saturated carbocycles. The van der Waals surface area contributed by atoms with Crippen LogP contribution in [0.2, 0.25) is 0 Å². The molecule has 0 radical (unpaired) electrons. The molecule has 0 spiro atoms. The lowest BCUT2D eigenvalue weighted by atomic mass is 9.82. The fourth-order valence-electron chi connectivity index (χ4n) is 3.12. The Kier molecular flexibility index (Phi) is 2.54. The Morgan fingerprint density at radius 2 is 1.62 bits per heavy atom. The maximum atomic E-state index is 4.43. The van der Waals surface area contributed by atoms with Gasteiger partial charge in [-0.1, -0.05) is 12.8 Å². The summed E-state index contributed by atoms with van der Waals surface area (Å²) in [5, 5.41) is 0. The minimum absolute atomic E-state index is 0.902. The molecule has 0 bridgehead atoms. The predicted molar refractivity (Wildman–Crippen MR) is 64.4 cm³/mol. The number of hydrogen-bond acceptors (Lipinski definition) is 3.